The van der Waals surface area contributed by atoms with Crippen LogP contribution in [0.1, 0.15) is 31.4 Å². The molecule has 1 rings (SSSR count). The van der Waals surface area contributed by atoms with Gasteiger partial charge in [-0.15, -0.1) is 0 Å². The van der Waals surface area contributed by atoms with E-state index in [9.17, 15) is 4.79 Å². The Kier molecular flexibility index (Phi) is 7.06. The van der Waals surface area contributed by atoms with Crippen molar-refractivity contribution in [2.24, 2.45) is 5.73 Å². The van der Waals surface area contributed by atoms with E-state index in [1.54, 1.807) is 0 Å². The highest BCUT2D eigenvalue weighted by Crippen LogP contribution is 2.10. The fourth-order valence-electron chi connectivity index (χ4n) is 1.44. The number of carbonyl (C=O) groups excluding carboxylic acids is 1. The van der Waals surface area contributed by atoms with Crippen LogP contribution in [0.15, 0.2) is 30.3 Å². The predicted molar refractivity (Wildman–Crippen MR) is 70.1 cm³/mol. The van der Waals surface area contributed by atoms with Gasteiger partial charge in [-0.25, -0.2) is 4.79 Å². The summed E-state index contributed by atoms with van der Waals surface area (Å²) in [4.78, 5) is 11.6. The van der Waals surface area contributed by atoms with Crippen molar-refractivity contribution in [3.8, 4) is 0 Å². The Morgan fingerprint density at radius 2 is 1.94 bits per heavy atom. The van der Waals surface area contributed by atoms with E-state index in [0.29, 0.717) is 13.2 Å². The van der Waals surface area contributed by atoms with Gasteiger partial charge in [-0.3, -0.25) is 0 Å². The summed E-state index contributed by atoms with van der Waals surface area (Å²) in [6.45, 7) is 3.48. The Bertz CT molecular complexity index is 340. The summed E-state index contributed by atoms with van der Waals surface area (Å²) in [5.41, 5.74) is 6.54. The van der Waals surface area contributed by atoms with Crippen LogP contribution in [0.5, 0.6) is 0 Å². The van der Waals surface area contributed by atoms with Crippen LogP contribution >= 0.6 is 0 Å². The van der Waals surface area contributed by atoms with Crippen molar-refractivity contribution in [2.75, 3.05) is 19.8 Å². The van der Waals surface area contributed by atoms with E-state index in [4.69, 9.17) is 15.2 Å². The molecule has 0 spiro atoms. The minimum Gasteiger partial charge on any atom is -0.462 e. The molecule has 18 heavy (non-hydrogen) atoms. The largest absolute Gasteiger partial charge is 0.462 e. The lowest BCUT2D eigenvalue weighted by atomic mass is 10.1. The van der Waals surface area contributed by atoms with Gasteiger partial charge in [0.25, 0.3) is 0 Å². The summed E-state index contributed by atoms with van der Waals surface area (Å²) in [5, 5.41) is 0. The third-order valence-corrected chi connectivity index (χ3v) is 2.53. The van der Waals surface area contributed by atoms with E-state index in [-0.39, 0.29) is 6.61 Å². The molecule has 0 aliphatic rings. The molecular formula is C14H21NO3. The number of rotatable bonds is 8. The van der Waals surface area contributed by atoms with Gasteiger partial charge in [-0.1, -0.05) is 43.7 Å². The van der Waals surface area contributed by atoms with Crippen LogP contribution in [0.25, 0.3) is 0 Å². The first-order chi connectivity index (χ1) is 8.75. The fourth-order valence-corrected chi connectivity index (χ4v) is 1.44. The van der Waals surface area contributed by atoms with E-state index in [0.717, 1.165) is 18.4 Å². The van der Waals surface area contributed by atoms with Crippen molar-refractivity contribution < 1.29 is 14.3 Å². The molecule has 0 saturated heterocycles. The second kappa shape index (κ2) is 8.66. The Balaban J connectivity index is 2.20. The smallest absolute Gasteiger partial charge is 0.327 e. The number of carbonyl (C=O) groups is 1. The van der Waals surface area contributed by atoms with Crippen molar-refractivity contribution in [1.82, 2.24) is 0 Å². The fraction of sp³-hybridized carbons (Fsp3) is 0.500. The Morgan fingerprint density at radius 1 is 1.22 bits per heavy atom. The lowest BCUT2D eigenvalue weighted by Crippen LogP contribution is -2.25. The molecular weight excluding hydrogens is 230 g/mol. The maximum absolute atomic E-state index is 11.6. The molecule has 100 valence electrons. The molecule has 0 radical (unpaired) electrons. The first-order valence-corrected chi connectivity index (χ1v) is 6.30. The molecule has 0 aliphatic carbocycles. The molecule has 1 aromatic carbocycles. The van der Waals surface area contributed by atoms with Crippen LogP contribution in [0, 0.1) is 0 Å². The highest BCUT2D eigenvalue weighted by molar-refractivity contribution is 5.77. The van der Waals surface area contributed by atoms with Gasteiger partial charge in [0.05, 0.1) is 6.61 Å². The van der Waals surface area contributed by atoms with Crippen LogP contribution in [-0.2, 0) is 14.3 Å². The summed E-state index contributed by atoms with van der Waals surface area (Å²) in [5.74, 6) is -0.416. The van der Waals surface area contributed by atoms with Gasteiger partial charge in [0.1, 0.15) is 12.6 Å². The topological polar surface area (TPSA) is 61.5 Å². The molecule has 4 nitrogen and oxygen atoms in total. The van der Waals surface area contributed by atoms with E-state index in [1.807, 2.05) is 30.3 Å². The van der Waals surface area contributed by atoms with Crippen LogP contribution in [0.2, 0.25) is 0 Å². The number of unbranched alkanes of at least 4 members (excludes halogenated alkanes) is 1. The number of esters is 1. The minimum absolute atomic E-state index is 0.253. The van der Waals surface area contributed by atoms with Crippen molar-refractivity contribution >= 4 is 5.97 Å². The van der Waals surface area contributed by atoms with Gasteiger partial charge in [-0.2, -0.15) is 0 Å². The molecule has 2 N–H and O–H groups in total. The maximum atomic E-state index is 11.6. The number of ether oxygens (including phenoxy) is 2. The van der Waals surface area contributed by atoms with Crippen molar-refractivity contribution in [1.29, 1.82) is 0 Å². The van der Waals surface area contributed by atoms with Crippen molar-refractivity contribution in [3.05, 3.63) is 35.9 Å². The zero-order chi connectivity index (χ0) is 13.2. The lowest BCUT2D eigenvalue weighted by molar-refractivity contribution is -0.146. The standard InChI is InChI=1S/C14H21NO3/c1-2-3-9-17-10-11-18-14(16)13(15)12-7-5-4-6-8-12/h4-8,13H,2-3,9-11,15H2,1H3/t13-/m1/s1. The first kappa shape index (κ1) is 14.7. The molecule has 0 saturated carbocycles. The molecule has 1 atom stereocenters. The second-order valence-corrected chi connectivity index (χ2v) is 4.02. The van der Waals surface area contributed by atoms with Crippen molar-refractivity contribution in [3.63, 3.8) is 0 Å². The lowest BCUT2D eigenvalue weighted by Gasteiger charge is -2.11. The second-order valence-electron chi connectivity index (χ2n) is 4.02. The van der Waals surface area contributed by atoms with Crippen LogP contribution in [0.3, 0.4) is 0 Å². The van der Waals surface area contributed by atoms with Gasteiger partial charge >= 0.3 is 5.97 Å². The van der Waals surface area contributed by atoms with Gasteiger partial charge in [0, 0.05) is 6.61 Å². The third-order valence-electron chi connectivity index (χ3n) is 2.53. The van der Waals surface area contributed by atoms with Crippen molar-refractivity contribution in [2.45, 2.75) is 25.8 Å². The van der Waals surface area contributed by atoms with Gasteiger partial charge in [0.2, 0.25) is 0 Å². The molecule has 0 fully saturated rings. The number of hydrogen-bond acceptors (Lipinski definition) is 4. The molecule has 0 amide bonds. The normalized spacial score (nSPS) is 12.1. The monoisotopic (exact) mass is 251 g/mol. The van der Waals surface area contributed by atoms with E-state index >= 15 is 0 Å². The molecule has 0 aliphatic heterocycles. The van der Waals surface area contributed by atoms with Crippen LogP contribution < -0.4 is 5.73 Å². The maximum Gasteiger partial charge on any atom is 0.327 e. The van der Waals surface area contributed by atoms with E-state index in [2.05, 4.69) is 6.92 Å². The molecule has 1 aromatic rings. The van der Waals surface area contributed by atoms with Crippen LogP contribution in [0.4, 0.5) is 0 Å². The van der Waals surface area contributed by atoms with E-state index < -0.39 is 12.0 Å². The van der Waals surface area contributed by atoms with Gasteiger partial charge in [0.15, 0.2) is 0 Å². The molecule has 0 aromatic heterocycles. The van der Waals surface area contributed by atoms with E-state index in [1.165, 1.54) is 0 Å². The molecule has 0 bridgehead atoms. The number of nitrogens with two attached hydrogens (primary N) is 1. The van der Waals surface area contributed by atoms with Gasteiger partial charge < -0.3 is 15.2 Å². The molecule has 0 heterocycles. The highest BCUT2D eigenvalue weighted by atomic mass is 16.6. The minimum atomic E-state index is -0.721. The number of hydrogen-bond donors (Lipinski definition) is 1. The third kappa shape index (κ3) is 5.29. The highest BCUT2D eigenvalue weighted by Gasteiger charge is 2.16. The summed E-state index contributed by atoms with van der Waals surface area (Å²) < 4.78 is 10.3. The summed E-state index contributed by atoms with van der Waals surface area (Å²) in [6.07, 6.45) is 2.12. The first-order valence-electron chi connectivity index (χ1n) is 6.30. The zero-order valence-corrected chi connectivity index (χ0v) is 10.8. The van der Waals surface area contributed by atoms with Gasteiger partial charge in [-0.05, 0) is 12.0 Å². The predicted octanol–water partition coefficient (Wildman–Crippen LogP) is 2.05. The Morgan fingerprint density at radius 3 is 2.61 bits per heavy atom. The SMILES string of the molecule is CCCCOCCOC(=O)[C@H](N)c1ccccc1. The quantitative estimate of drug-likeness (QED) is 0.567. The molecule has 0 unspecified atom stereocenters. The zero-order valence-electron chi connectivity index (χ0n) is 10.8. The summed E-state index contributed by atoms with van der Waals surface area (Å²) in [6, 6.07) is 8.46. The van der Waals surface area contributed by atoms with Crippen LogP contribution in [-0.4, -0.2) is 25.8 Å². The Labute approximate surface area is 108 Å². The summed E-state index contributed by atoms with van der Waals surface area (Å²) in [7, 11) is 0. The number of benzene rings is 1. The molecule has 4 heteroatoms. The average Bonchev–Trinajstić information content (AvgIpc) is 2.42. The summed E-state index contributed by atoms with van der Waals surface area (Å²) >= 11 is 0. The Hall–Kier alpha value is -1.39. The average molecular weight is 251 g/mol.